The van der Waals surface area contributed by atoms with Gasteiger partial charge in [0.05, 0.1) is 13.7 Å². The first kappa shape index (κ1) is 44.0. The third kappa shape index (κ3) is 9.14. The number of para-hydroxylation sites is 4. The van der Waals surface area contributed by atoms with Crippen LogP contribution in [0.25, 0.3) is 44.5 Å². The van der Waals surface area contributed by atoms with Crippen LogP contribution < -0.4 is 40.2 Å². The molecule has 5 nitrogen and oxygen atoms in total. The molecular formula is C77H65N4OPtSi-3. The molecule has 4 heterocycles. The third-order valence-electron chi connectivity index (χ3n) is 16.5. The Bertz CT molecular complexity index is 4860. The van der Waals surface area contributed by atoms with E-state index < -0.39 is 44.3 Å². The molecule has 1 aromatic heterocycles. The van der Waals surface area contributed by atoms with Gasteiger partial charge in [0.15, 0.2) is 0 Å². The van der Waals surface area contributed by atoms with Crippen molar-refractivity contribution < 1.29 is 39.5 Å². The average Bonchev–Trinajstić information content (AvgIpc) is 1.39. The summed E-state index contributed by atoms with van der Waals surface area (Å²) in [6.45, 7) is 21.3. The Morgan fingerprint density at radius 2 is 1.05 bits per heavy atom. The van der Waals surface area contributed by atoms with E-state index in [4.69, 9.17) is 20.7 Å². The first-order valence-corrected chi connectivity index (χ1v) is 30.1. The van der Waals surface area contributed by atoms with E-state index in [1.807, 2.05) is 97.4 Å². The minimum atomic E-state index is -3.19. The van der Waals surface area contributed by atoms with Crippen molar-refractivity contribution in [3.63, 3.8) is 0 Å². The van der Waals surface area contributed by atoms with E-state index >= 15 is 0 Å². The Labute approximate surface area is 525 Å². The van der Waals surface area contributed by atoms with Gasteiger partial charge in [-0.05, 0) is 116 Å². The van der Waals surface area contributed by atoms with Crippen LogP contribution in [0.5, 0.6) is 11.5 Å². The van der Waals surface area contributed by atoms with Crippen molar-refractivity contribution >= 4 is 68.8 Å². The largest absolute Gasteiger partial charge is 0.509 e. The average molecular weight is 1300 g/mol. The number of aryl methyl sites for hydroxylation is 3. The molecule has 0 unspecified atom stereocenters. The first-order chi connectivity index (χ1) is 44.3. The number of fused-ring (bicyclic) bond motifs is 10. The summed E-state index contributed by atoms with van der Waals surface area (Å²) in [5, 5.41) is 4.78. The zero-order chi connectivity index (χ0) is 65.6. The second kappa shape index (κ2) is 21.0. The second-order valence-electron chi connectivity index (χ2n) is 24.0. The molecule has 3 aliphatic rings. The van der Waals surface area contributed by atoms with E-state index in [0.717, 1.165) is 61.3 Å². The summed E-state index contributed by atoms with van der Waals surface area (Å²) in [6.07, 6.45) is 1.60. The Hall–Kier alpha value is -8.54. The number of rotatable bonds is 8. The summed E-state index contributed by atoms with van der Waals surface area (Å²) in [5.74, 6) is 1.35. The van der Waals surface area contributed by atoms with Gasteiger partial charge in [-0.25, -0.2) is 4.98 Å². The van der Waals surface area contributed by atoms with Crippen molar-refractivity contribution in [2.45, 2.75) is 73.1 Å². The van der Waals surface area contributed by atoms with Gasteiger partial charge in [-0.15, -0.1) is 47.9 Å². The second-order valence-corrected chi connectivity index (χ2v) is 27.6. The van der Waals surface area contributed by atoms with Gasteiger partial charge in [0.1, 0.15) is 13.9 Å². The molecule has 1 spiro atoms. The van der Waals surface area contributed by atoms with Gasteiger partial charge < -0.3 is 19.4 Å². The van der Waals surface area contributed by atoms with Gasteiger partial charge in [-0.2, -0.15) is 12.1 Å². The Morgan fingerprint density at radius 3 is 1.67 bits per heavy atom. The topological polar surface area (TPSA) is 31.8 Å². The molecule has 10 aromatic carbocycles. The normalized spacial score (nSPS) is 15.3. The van der Waals surface area contributed by atoms with Crippen LogP contribution in [0, 0.1) is 39.6 Å². The number of anilines is 7. The van der Waals surface area contributed by atoms with Gasteiger partial charge in [-0.3, -0.25) is 0 Å². The fourth-order valence-electron chi connectivity index (χ4n) is 12.4. The molecule has 0 amide bonds. The Kier molecular flexibility index (Phi) is 11.0. The molecule has 84 heavy (non-hydrogen) atoms. The monoisotopic (exact) mass is 1290 g/mol. The van der Waals surface area contributed by atoms with Crippen LogP contribution in [0.2, 0.25) is 0 Å². The molecule has 416 valence electrons. The smallest absolute Gasteiger partial charge is 0.135 e. The predicted octanol–water partition coefficient (Wildman–Crippen LogP) is 17.5. The molecule has 14 rings (SSSR count). The predicted molar refractivity (Wildman–Crippen MR) is 349 cm³/mol. The fourth-order valence-corrected chi connectivity index (χ4v) is 18.1. The van der Waals surface area contributed by atoms with Gasteiger partial charge in [0.25, 0.3) is 0 Å². The molecule has 7 heteroatoms. The Morgan fingerprint density at radius 1 is 0.488 bits per heavy atom. The standard InChI is InChI=1S/C77H65N4OSi.Pt/c1-50-34-37-63-64-38-35-51(2)41-73(64)83(72(63)40-50)70-33-19-18-32-68(70)81(74-42-52(3)65(48-78-74)54-24-14-11-15-25-54)69-47-60(36-39-71(69)83)82-59-27-20-26-58(46-59)79-49-80(67-31-17-16-30-66(67)79)75-61(53-22-12-10-13-23-53)28-21-29-62(75)55-43-56(76(4,5)6)45-57(44-55)77(7,8)9;/h10-45,48-49H,1-9H3;/q-3;/i10D,11D,12D,13D,14D,15D,22D,23D,24D,25D;. The van der Waals surface area contributed by atoms with Crippen LogP contribution in [0.1, 0.15) is 83.1 Å². The maximum Gasteiger partial charge on any atom is 0.135 e. The minimum Gasteiger partial charge on any atom is -0.509 e. The van der Waals surface area contributed by atoms with E-state index in [2.05, 4.69) is 156 Å². The number of aromatic nitrogens is 1. The maximum atomic E-state index is 9.35. The molecule has 0 saturated heterocycles. The summed E-state index contributed by atoms with van der Waals surface area (Å²) >= 11 is 0. The first-order valence-electron chi connectivity index (χ1n) is 33.1. The molecule has 0 N–H and O–H groups in total. The third-order valence-corrected chi connectivity index (χ3v) is 21.4. The number of nitrogens with zero attached hydrogens (tertiary/aromatic N) is 4. The SMILES string of the molecule is [2H]c1c([2H])c([2H])c(-c2cnc(N3c4[c-]c(Oc5[c-]c(N6[CH-]N(c7c(-c8cc(C(C)(C)C)cc(C(C)(C)C)c8)cccc7-c7c([2H])c([2H])c([2H])c([2H])c7[2H])c7ccccc76)ccc5)ccc4[Si]4(c5cc(C)ccc5-c5ccc(C)cc54)c4ccccc43)cc2C)c([2H])c1[2H].[Pt]. The van der Waals surface area contributed by atoms with Crippen molar-refractivity contribution in [1.82, 2.24) is 4.98 Å². The quantitative estimate of drug-likeness (QED) is 0.112. The van der Waals surface area contributed by atoms with Crippen LogP contribution in [-0.4, -0.2) is 13.1 Å². The number of hydrogen-bond acceptors (Lipinski definition) is 5. The van der Waals surface area contributed by atoms with Crippen LogP contribution >= 0.6 is 0 Å². The summed E-state index contributed by atoms with van der Waals surface area (Å²) in [6, 6.07) is 58.0. The zero-order valence-electron chi connectivity index (χ0n) is 58.2. The molecule has 0 saturated carbocycles. The minimum absolute atomic E-state index is 0. The summed E-state index contributed by atoms with van der Waals surface area (Å²) in [4.78, 5) is 11.3. The van der Waals surface area contributed by atoms with Crippen molar-refractivity contribution in [1.29, 1.82) is 0 Å². The van der Waals surface area contributed by atoms with Crippen molar-refractivity contribution in [3.8, 4) is 56.0 Å². The molecule has 0 atom stereocenters. The van der Waals surface area contributed by atoms with Gasteiger partial charge in [-0.1, -0.05) is 222 Å². The van der Waals surface area contributed by atoms with Crippen molar-refractivity contribution in [3.05, 3.63) is 271 Å². The fraction of sp³-hybridized carbons (Fsp3) is 0.143. The van der Waals surface area contributed by atoms with Crippen LogP contribution in [0.15, 0.2) is 224 Å². The van der Waals surface area contributed by atoms with E-state index in [0.29, 0.717) is 45.4 Å². The maximum absolute atomic E-state index is 9.35. The molecule has 0 bridgehead atoms. The van der Waals surface area contributed by atoms with Gasteiger partial charge in [0, 0.05) is 78.2 Å². The van der Waals surface area contributed by atoms with Crippen LogP contribution in [0.4, 0.5) is 39.9 Å². The summed E-state index contributed by atoms with van der Waals surface area (Å²) < 4.78 is 95.1. The number of pyridine rings is 1. The summed E-state index contributed by atoms with van der Waals surface area (Å²) in [5.41, 5.74) is 14.4. The molecule has 11 aromatic rings. The molecule has 0 aliphatic carbocycles. The number of benzene rings is 10. The molecule has 0 radical (unpaired) electrons. The molecule has 0 fully saturated rings. The molecular weight excluding hydrogens is 1220 g/mol. The van der Waals surface area contributed by atoms with Crippen molar-refractivity contribution in [2.24, 2.45) is 0 Å². The van der Waals surface area contributed by atoms with Crippen LogP contribution in [-0.2, 0) is 31.9 Å². The van der Waals surface area contributed by atoms with E-state index in [9.17, 15) is 2.74 Å². The Balaban J connectivity index is 0.00000803. The van der Waals surface area contributed by atoms with E-state index in [1.54, 1.807) is 6.20 Å². The van der Waals surface area contributed by atoms with E-state index in [-0.39, 0.29) is 67.2 Å². The van der Waals surface area contributed by atoms with E-state index in [1.165, 1.54) is 26.7 Å². The van der Waals surface area contributed by atoms with Gasteiger partial charge in [0.2, 0.25) is 0 Å². The van der Waals surface area contributed by atoms with Crippen molar-refractivity contribution in [2.75, 3.05) is 14.7 Å². The summed E-state index contributed by atoms with van der Waals surface area (Å²) in [7, 11) is -3.19. The number of hydrogen-bond donors (Lipinski definition) is 0. The number of ether oxygens (including phenoxy) is 1. The van der Waals surface area contributed by atoms with Crippen LogP contribution in [0.3, 0.4) is 0 Å². The zero-order valence-corrected chi connectivity index (χ0v) is 51.5. The van der Waals surface area contributed by atoms with Gasteiger partial charge >= 0.3 is 0 Å². The molecule has 3 aliphatic heterocycles.